The van der Waals surface area contributed by atoms with Crippen molar-refractivity contribution in [2.75, 3.05) is 19.5 Å². The molecule has 0 aliphatic carbocycles. The van der Waals surface area contributed by atoms with Gasteiger partial charge in [0.15, 0.2) is 11.5 Å². The molecule has 0 aliphatic rings. The van der Waals surface area contributed by atoms with Gasteiger partial charge in [0, 0.05) is 0 Å². The van der Waals surface area contributed by atoms with Crippen LogP contribution in [0.25, 0.3) is 0 Å². The van der Waals surface area contributed by atoms with Gasteiger partial charge in [0.25, 0.3) is 10.1 Å². The lowest BCUT2D eigenvalue weighted by Gasteiger charge is -2.16. The summed E-state index contributed by atoms with van der Waals surface area (Å²) in [6.07, 6.45) is 2.26. The summed E-state index contributed by atoms with van der Waals surface area (Å²) in [5, 5.41) is 0. The molecule has 1 rings (SSSR count). The first-order chi connectivity index (χ1) is 9.87. The van der Waals surface area contributed by atoms with Gasteiger partial charge in [-0.25, -0.2) is 0 Å². The Kier molecular flexibility index (Phi) is 6.98. The molecule has 0 heterocycles. The fraction of sp³-hybridized carbons (Fsp3) is 0.600. The third-order valence-electron chi connectivity index (χ3n) is 2.68. The zero-order chi connectivity index (χ0) is 15.9. The molecule has 0 saturated heterocycles. The topological polar surface area (TPSA) is 61.8 Å². The Hall–Kier alpha value is -1.27. The van der Waals surface area contributed by atoms with Crippen LogP contribution in [0.2, 0.25) is 0 Å². The van der Waals surface area contributed by atoms with Gasteiger partial charge in [-0.3, -0.25) is 4.18 Å². The van der Waals surface area contributed by atoms with Crippen molar-refractivity contribution in [2.45, 2.75) is 39.7 Å². The van der Waals surface area contributed by atoms with Crippen LogP contribution in [0.4, 0.5) is 0 Å². The lowest BCUT2D eigenvalue weighted by Crippen LogP contribution is -2.08. The minimum absolute atomic E-state index is 0.566. The summed E-state index contributed by atoms with van der Waals surface area (Å²) < 4.78 is 38.7. The van der Waals surface area contributed by atoms with Gasteiger partial charge in [0.2, 0.25) is 0 Å². The average Bonchev–Trinajstić information content (AvgIpc) is 2.41. The van der Waals surface area contributed by atoms with Gasteiger partial charge in [-0.15, -0.1) is 0 Å². The van der Waals surface area contributed by atoms with E-state index in [1.165, 1.54) is 0 Å². The fourth-order valence-electron chi connectivity index (χ4n) is 1.75. The van der Waals surface area contributed by atoms with Gasteiger partial charge < -0.3 is 9.47 Å². The molecular formula is C15H24O5S. The molecule has 0 bridgehead atoms. The third-order valence-corrected chi connectivity index (χ3v) is 3.32. The highest BCUT2D eigenvalue weighted by Gasteiger charge is 2.15. The highest BCUT2D eigenvalue weighted by atomic mass is 32.2. The van der Waals surface area contributed by atoms with Crippen LogP contribution in [-0.4, -0.2) is 27.9 Å². The number of rotatable bonds is 9. The van der Waals surface area contributed by atoms with Gasteiger partial charge in [0.1, 0.15) is 0 Å². The zero-order valence-corrected chi connectivity index (χ0v) is 13.9. The van der Waals surface area contributed by atoms with Crippen molar-refractivity contribution >= 4 is 10.1 Å². The Morgan fingerprint density at radius 3 is 2.14 bits per heavy atom. The molecule has 0 spiro atoms. The van der Waals surface area contributed by atoms with Gasteiger partial charge >= 0.3 is 0 Å². The summed E-state index contributed by atoms with van der Waals surface area (Å²) in [5.41, 5.74) is 0.732. The smallest absolute Gasteiger partial charge is 0.264 e. The predicted octanol–water partition coefficient (Wildman–Crippen LogP) is 3.30. The number of hydrogen-bond donors (Lipinski definition) is 0. The molecule has 6 heteroatoms. The molecule has 0 amide bonds. The zero-order valence-electron chi connectivity index (χ0n) is 13.1. The number of hydrogen-bond acceptors (Lipinski definition) is 5. The summed E-state index contributed by atoms with van der Waals surface area (Å²) in [6, 6.07) is 5.36. The third kappa shape index (κ3) is 6.35. The Morgan fingerprint density at radius 2 is 1.62 bits per heavy atom. The van der Waals surface area contributed by atoms with Gasteiger partial charge in [-0.1, -0.05) is 19.9 Å². The van der Waals surface area contributed by atoms with Crippen molar-refractivity contribution in [2.24, 2.45) is 0 Å². The van der Waals surface area contributed by atoms with E-state index in [1.54, 1.807) is 25.1 Å². The normalized spacial score (nSPS) is 13.0. The largest absolute Gasteiger partial charge is 0.490 e. The summed E-state index contributed by atoms with van der Waals surface area (Å²) in [7, 11) is -3.50. The second-order valence-corrected chi connectivity index (χ2v) is 6.45. The fourth-order valence-corrected chi connectivity index (χ4v) is 2.39. The molecule has 1 unspecified atom stereocenters. The van der Waals surface area contributed by atoms with Crippen molar-refractivity contribution in [3.63, 3.8) is 0 Å². The minimum atomic E-state index is -3.50. The van der Waals surface area contributed by atoms with Crippen LogP contribution in [0, 0.1) is 0 Å². The summed E-state index contributed by atoms with van der Waals surface area (Å²) in [4.78, 5) is 0. The summed E-state index contributed by atoms with van der Waals surface area (Å²) in [5.74, 6) is 1.28. The minimum Gasteiger partial charge on any atom is -0.490 e. The molecule has 1 aromatic rings. The van der Waals surface area contributed by atoms with Crippen molar-refractivity contribution in [3.05, 3.63) is 23.8 Å². The molecule has 0 radical (unpaired) electrons. The van der Waals surface area contributed by atoms with E-state index >= 15 is 0 Å². The Labute approximate surface area is 127 Å². The van der Waals surface area contributed by atoms with E-state index in [9.17, 15) is 8.42 Å². The molecular weight excluding hydrogens is 292 g/mol. The molecule has 0 aromatic heterocycles. The lowest BCUT2D eigenvalue weighted by atomic mass is 10.1. The lowest BCUT2D eigenvalue weighted by molar-refractivity contribution is 0.233. The van der Waals surface area contributed by atoms with Crippen LogP contribution in [0.15, 0.2) is 18.2 Å². The van der Waals surface area contributed by atoms with Crippen molar-refractivity contribution in [3.8, 4) is 11.5 Å². The molecule has 1 atom stereocenters. The number of ether oxygens (including phenoxy) is 2. The van der Waals surface area contributed by atoms with Crippen LogP contribution < -0.4 is 9.47 Å². The van der Waals surface area contributed by atoms with Gasteiger partial charge in [0.05, 0.1) is 25.6 Å². The Bertz CT molecular complexity index is 539. The maximum Gasteiger partial charge on any atom is 0.264 e. The summed E-state index contributed by atoms with van der Waals surface area (Å²) >= 11 is 0. The molecule has 0 aliphatic heterocycles. The first-order valence-electron chi connectivity index (χ1n) is 7.15. The van der Waals surface area contributed by atoms with E-state index in [-0.39, 0.29) is 0 Å². The molecule has 120 valence electrons. The molecule has 0 N–H and O–H groups in total. The SMILES string of the molecule is CCCOc1ccc(C(C)OS(C)(=O)=O)cc1OCCC. The van der Waals surface area contributed by atoms with E-state index in [0.717, 1.165) is 24.7 Å². The van der Waals surface area contributed by atoms with E-state index in [1.807, 2.05) is 13.8 Å². The van der Waals surface area contributed by atoms with E-state index in [0.29, 0.717) is 24.7 Å². The molecule has 0 fully saturated rings. The van der Waals surface area contributed by atoms with E-state index in [4.69, 9.17) is 13.7 Å². The van der Waals surface area contributed by atoms with Crippen LogP contribution in [0.5, 0.6) is 11.5 Å². The highest BCUT2D eigenvalue weighted by Crippen LogP contribution is 2.32. The number of benzene rings is 1. The van der Waals surface area contributed by atoms with Crippen molar-refractivity contribution in [1.29, 1.82) is 0 Å². The highest BCUT2D eigenvalue weighted by molar-refractivity contribution is 7.86. The molecule has 1 aromatic carbocycles. The summed E-state index contributed by atoms with van der Waals surface area (Å²) in [6.45, 7) is 6.92. The average molecular weight is 316 g/mol. The second-order valence-electron chi connectivity index (χ2n) is 4.85. The maximum atomic E-state index is 11.2. The van der Waals surface area contributed by atoms with Crippen molar-refractivity contribution < 1.29 is 22.1 Å². The Morgan fingerprint density at radius 1 is 1.05 bits per heavy atom. The first-order valence-corrected chi connectivity index (χ1v) is 8.96. The standard InChI is InChI=1S/C15H24O5S/c1-5-9-18-14-8-7-13(11-15(14)19-10-6-2)12(3)20-21(4,16)17/h7-8,11-12H,5-6,9-10H2,1-4H3. The molecule has 5 nitrogen and oxygen atoms in total. The van der Waals surface area contributed by atoms with Gasteiger partial charge in [-0.2, -0.15) is 8.42 Å². The van der Waals surface area contributed by atoms with Crippen LogP contribution >= 0.6 is 0 Å². The Balaban J connectivity index is 2.96. The van der Waals surface area contributed by atoms with Crippen LogP contribution in [0.1, 0.15) is 45.3 Å². The molecule has 0 saturated carbocycles. The second kappa shape index (κ2) is 8.24. The first kappa shape index (κ1) is 17.8. The quantitative estimate of drug-likeness (QED) is 0.654. The predicted molar refractivity (Wildman–Crippen MR) is 82.4 cm³/mol. The maximum absolute atomic E-state index is 11.2. The van der Waals surface area contributed by atoms with E-state index in [2.05, 4.69) is 0 Å². The monoisotopic (exact) mass is 316 g/mol. The van der Waals surface area contributed by atoms with Gasteiger partial charge in [-0.05, 0) is 37.5 Å². The van der Waals surface area contributed by atoms with E-state index < -0.39 is 16.2 Å². The van der Waals surface area contributed by atoms with Crippen molar-refractivity contribution in [1.82, 2.24) is 0 Å². The molecule has 21 heavy (non-hydrogen) atoms. The van der Waals surface area contributed by atoms with Crippen LogP contribution in [0.3, 0.4) is 0 Å². The van der Waals surface area contributed by atoms with Crippen LogP contribution in [-0.2, 0) is 14.3 Å².